The van der Waals surface area contributed by atoms with Crippen molar-refractivity contribution in [2.75, 3.05) is 13.1 Å². The minimum absolute atomic E-state index is 0.155. The van der Waals surface area contributed by atoms with Crippen LogP contribution < -0.4 is 5.32 Å². The van der Waals surface area contributed by atoms with Crippen molar-refractivity contribution in [3.63, 3.8) is 0 Å². The van der Waals surface area contributed by atoms with E-state index in [9.17, 15) is 4.79 Å². The van der Waals surface area contributed by atoms with E-state index in [0.29, 0.717) is 12.1 Å². The Kier molecular flexibility index (Phi) is 3.71. The molecule has 0 spiro atoms. The predicted molar refractivity (Wildman–Crippen MR) is 73.9 cm³/mol. The molecule has 1 fully saturated rings. The van der Waals surface area contributed by atoms with Gasteiger partial charge in [-0.05, 0) is 39.8 Å². The Morgan fingerprint density at radius 1 is 1.11 bits per heavy atom. The summed E-state index contributed by atoms with van der Waals surface area (Å²) in [5, 5.41) is 3.44. The standard InChI is InChI=1S/C15H22N2O/c1-10-5-11(2)7-14(6-10)15(18)17-8-12(3)16-13(4)9-17/h5-7,12-13,16H,8-9H2,1-4H3. The first-order chi connectivity index (χ1) is 8.45. The van der Waals surface area contributed by atoms with E-state index in [-0.39, 0.29) is 5.91 Å². The number of carbonyl (C=O) groups excluding carboxylic acids is 1. The molecule has 3 nitrogen and oxygen atoms in total. The van der Waals surface area contributed by atoms with Crippen molar-refractivity contribution in [2.45, 2.75) is 39.8 Å². The lowest BCUT2D eigenvalue weighted by molar-refractivity contribution is 0.0673. The van der Waals surface area contributed by atoms with Crippen LogP contribution in [-0.4, -0.2) is 36.0 Å². The van der Waals surface area contributed by atoms with Crippen LogP contribution in [0, 0.1) is 13.8 Å². The van der Waals surface area contributed by atoms with E-state index < -0.39 is 0 Å². The molecule has 1 aromatic rings. The maximum atomic E-state index is 12.5. The predicted octanol–water partition coefficient (Wildman–Crippen LogP) is 2.13. The zero-order chi connectivity index (χ0) is 13.3. The van der Waals surface area contributed by atoms with E-state index in [1.54, 1.807) is 0 Å². The summed E-state index contributed by atoms with van der Waals surface area (Å²) in [6.45, 7) is 9.89. The first-order valence-corrected chi connectivity index (χ1v) is 6.59. The highest BCUT2D eigenvalue weighted by molar-refractivity contribution is 5.94. The number of amides is 1. The van der Waals surface area contributed by atoms with E-state index in [4.69, 9.17) is 0 Å². The summed E-state index contributed by atoms with van der Waals surface area (Å²) in [6.07, 6.45) is 0. The molecule has 98 valence electrons. The SMILES string of the molecule is Cc1cc(C)cc(C(=O)N2CC(C)NC(C)C2)c1. The van der Waals surface area contributed by atoms with Gasteiger partial charge in [-0.2, -0.15) is 0 Å². The molecule has 0 radical (unpaired) electrons. The molecule has 1 aromatic carbocycles. The molecule has 1 saturated heterocycles. The molecule has 2 atom stereocenters. The summed E-state index contributed by atoms with van der Waals surface area (Å²) in [5.74, 6) is 0.155. The van der Waals surface area contributed by atoms with Crippen LogP contribution in [0.5, 0.6) is 0 Å². The van der Waals surface area contributed by atoms with Crippen molar-refractivity contribution in [3.8, 4) is 0 Å². The summed E-state index contributed by atoms with van der Waals surface area (Å²) in [7, 11) is 0. The maximum Gasteiger partial charge on any atom is 0.253 e. The van der Waals surface area contributed by atoms with Crippen molar-refractivity contribution in [1.82, 2.24) is 10.2 Å². The molecule has 2 unspecified atom stereocenters. The van der Waals surface area contributed by atoms with Gasteiger partial charge < -0.3 is 10.2 Å². The second-order valence-corrected chi connectivity index (χ2v) is 5.56. The third-order valence-corrected chi connectivity index (χ3v) is 3.31. The van der Waals surface area contributed by atoms with E-state index in [1.165, 1.54) is 0 Å². The van der Waals surface area contributed by atoms with Gasteiger partial charge in [0.1, 0.15) is 0 Å². The third-order valence-electron chi connectivity index (χ3n) is 3.31. The fourth-order valence-corrected chi connectivity index (χ4v) is 2.77. The van der Waals surface area contributed by atoms with Gasteiger partial charge in [0.25, 0.3) is 5.91 Å². The molecule has 0 aliphatic carbocycles. The normalized spacial score (nSPS) is 24.1. The quantitative estimate of drug-likeness (QED) is 0.823. The number of carbonyl (C=O) groups is 1. The van der Waals surface area contributed by atoms with Gasteiger partial charge in [0.2, 0.25) is 0 Å². The molecular weight excluding hydrogens is 224 g/mol. The summed E-state index contributed by atoms with van der Waals surface area (Å²) in [4.78, 5) is 14.5. The molecule has 1 N–H and O–H groups in total. The average molecular weight is 246 g/mol. The Morgan fingerprint density at radius 2 is 1.61 bits per heavy atom. The number of piperazine rings is 1. The molecule has 0 aromatic heterocycles. The van der Waals surface area contributed by atoms with Crippen LogP contribution in [-0.2, 0) is 0 Å². The van der Waals surface area contributed by atoms with Gasteiger partial charge in [-0.15, -0.1) is 0 Å². The summed E-state index contributed by atoms with van der Waals surface area (Å²) in [5.41, 5.74) is 3.11. The second-order valence-electron chi connectivity index (χ2n) is 5.56. The average Bonchev–Trinajstić information content (AvgIpc) is 2.25. The van der Waals surface area contributed by atoms with Crippen molar-refractivity contribution < 1.29 is 4.79 Å². The van der Waals surface area contributed by atoms with Crippen LogP contribution in [0.15, 0.2) is 18.2 Å². The summed E-state index contributed by atoms with van der Waals surface area (Å²) < 4.78 is 0. The van der Waals surface area contributed by atoms with Gasteiger partial charge in [-0.1, -0.05) is 17.2 Å². The lowest BCUT2D eigenvalue weighted by atomic mass is 10.0. The highest BCUT2D eigenvalue weighted by atomic mass is 16.2. The first-order valence-electron chi connectivity index (χ1n) is 6.59. The van der Waals surface area contributed by atoms with Crippen molar-refractivity contribution in [1.29, 1.82) is 0 Å². The molecule has 0 saturated carbocycles. The van der Waals surface area contributed by atoms with Gasteiger partial charge in [0.15, 0.2) is 0 Å². The van der Waals surface area contributed by atoms with Crippen LogP contribution in [0.4, 0.5) is 0 Å². The molecule has 1 amide bonds. The van der Waals surface area contributed by atoms with Crippen LogP contribution in [0.3, 0.4) is 0 Å². The number of hydrogen-bond acceptors (Lipinski definition) is 2. The molecule has 1 heterocycles. The Balaban J connectivity index is 2.20. The number of rotatable bonds is 1. The van der Waals surface area contributed by atoms with Gasteiger partial charge in [0, 0.05) is 30.7 Å². The molecule has 1 aliphatic rings. The molecule has 1 aliphatic heterocycles. The van der Waals surface area contributed by atoms with Crippen molar-refractivity contribution >= 4 is 5.91 Å². The monoisotopic (exact) mass is 246 g/mol. The number of hydrogen-bond donors (Lipinski definition) is 1. The Labute approximate surface area is 109 Å². The highest BCUT2D eigenvalue weighted by Crippen LogP contribution is 2.14. The highest BCUT2D eigenvalue weighted by Gasteiger charge is 2.25. The maximum absolute atomic E-state index is 12.5. The number of aryl methyl sites for hydroxylation is 2. The van der Waals surface area contributed by atoms with Gasteiger partial charge in [-0.25, -0.2) is 0 Å². The van der Waals surface area contributed by atoms with Gasteiger partial charge >= 0.3 is 0 Å². The molecule has 3 heteroatoms. The molecular formula is C15H22N2O. The van der Waals surface area contributed by atoms with Crippen LogP contribution >= 0.6 is 0 Å². The minimum Gasteiger partial charge on any atom is -0.336 e. The Morgan fingerprint density at radius 3 is 2.11 bits per heavy atom. The van der Waals surface area contributed by atoms with E-state index in [0.717, 1.165) is 29.8 Å². The van der Waals surface area contributed by atoms with Crippen molar-refractivity contribution in [3.05, 3.63) is 34.9 Å². The number of nitrogens with zero attached hydrogens (tertiary/aromatic N) is 1. The third kappa shape index (κ3) is 2.91. The second kappa shape index (κ2) is 5.11. The lowest BCUT2D eigenvalue weighted by Gasteiger charge is -2.36. The molecule has 2 rings (SSSR count). The van der Waals surface area contributed by atoms with E-state index in [1.807, 2.05) is 30.9 Å². The Hall–Kier alpha value is -1.35. The largest absolute Gasteiger partial charge is 0.336 e. The number of nitrogens with one attached hydrogen (secondary N) is 1. The van der Waals surface area contributed by atoms with Crippen LogP contribution in [0.25, 0.3) is 0 Å². The first kappa shape index (κ1) is 13.1. The summed E-state index contributed by atoms with van der Waals surface area (Å²) >= 11 is 0. The summed E-state index contributed by atoms with van der Waals surface area (Å²) in [6, 6.07) is 6.78. The molecule has 0 bridgehead atoms. The topological polar surface area (TPSA) is 32.3 Å². The Bertz CT molecular complexity index is 426. The zero-order valence-electron chi connectivity index (χ0n) is 11.7. The zero-order valence-corrected chi connectivity index (χ0v) is 11.7. The fraction of sp³-hybridized carbons (Fsp3) is 0.533. The fourth-order valence-electron chi connectivity index (χ4n) is 2.77. The van der Waals surface area contributed by atoms with E-state index in [2.05, 4.69) is 25.2 Å². The minimum atomic E-state index is 0.155. The smallest absolute Gasteiger partial charge is 0.253 e. The number of benzene rings is 1. The van der Waals surface area contributed by atoms with Gasteiger partial charge in [0.05, 0.1) is 0 Å². The van der Waals surface area contributed by atoms with Gasteiger partial charge in [-0.3, -0.25) is 4.79 Å². The van der Waals surface area contributed by atoms with Crippen LogP contribution in [0.1, 0.15) is 35.3 Å². The van der Waals surface area contributed by atoms with E-state index >= 15 is 0 Å². The molecule has 18 heavy (non-hydrogen) atoms. The van der Waals surface area contributed by atoms with Crippen molar-refractivity contribution in [2.24, 2.45) is 0 Å². The van der Waals surface area contributed by atoms with Crippen LogP contribution in [0.2, 0.25) is 0 Å². The lowest BCUT2D eigenvalue weighted by Crippen LogP contribution is -2.55.